The Morgan fingerprint density at radius 2 is 2.14 bits per heavy atom. The van der Waals surface area contributed by atoms with Crippen LogP contribution in [0.4, 0.5) is 0 Å². The average molecular weight is 217 g/mol. The maximum absolute atomic E-state index is 11.2. The van der Waals surface area contributed by atoms with Gasteiger partial charge in [-0.1, -0.05) is 11.6 Å². The van der Waals surface area contributed by atoms with Gasteiger partial charge in [0.2, 0.25) is 0 Å². The Morgan fingerprint density at radius 1 is 1.50 bits per heavy atom. The molecule has 4 nitrogen and oxygen atoms in total. The molecule has 0 saturated carbocycles. The van der Waals surface area contributed by atoms with Gasteiger partial charge >= 0.3 is 5.97 Å². The van der Waals surface area contributed by atoms with Gasteiger partial charge in [0.15, 0.2) is 11.5 Å². The van der Waals surface area contributed by atoms with Gasteiger partial charge in [-0.2, -0.15) is 0 Å². The van der Waals surface area contributed by atoms with E-state index in [2.05, 4.69) is 4.74 Å². The van der Waals surface area contributed by atoms with Crippen LogP contribution in [0.2, 0.25) is 5.02 Å². The second-order valence-corrected chi connectivity index (χ2v) is 2.95. The Labute approximate surface area is 85.7 Å². The largest absolute Gasteiger partial charge is 0.504 e. The van der Waals surface area contributed by atoms with Crippen molar-refractivity contribution in [3.63, 3.8) is 0 Å². The highest BCUT2D eigenvalue weighted by Gasteiger charge is 2.13. The highest BCUT2D eigenvalue weighted by atomic mass is 35.5. The van der Waals surface area contributed by atoms with Crippen LogP contribution in [0.5, 0.6) is 11.5 Å². The third kappa shape index (κ3) is 2.09. The number of rotatable bonds is 2. The summed E-state index contributed by atoms with van der Waals surface area (Å²) >= 11 is 5.55. The number of carbonyl (C=O) groups excluding carboxylic acids is 1. The van der Waals surface area contributed by atoms with Crippen LogP contribution in [0.25, 0.3) is 0 Å². The van der Waals surface area contributed by atoms with Crippen LogP contribution in [0.1, 0.15) is 17.3 Å². The van der Waals surface area contributed by atoms with Crippen molar-refractivity contribution in [1.82, 2.24) is 0 Å². The molecule has 0 aliphatic rings. The van der Waals surface area contributed by atoms with Crippen molar-refractivity contribution in [2.24, 2.45) is 0 Å². The van der Waals surface area contributed by atoms with E-state index < -0.39 is 17.5 Å². The lowest BCUT2D eigenvalue weighted by molar-refractivity contribution is 0.0526. The summed E-state index contributed by atoms with van der Waals surface area (Å²) in [5, 5.41) is 18.2. The second-order valence-electron chi connectivity index (χ2n) is 2.55. The fourth-order valence-corrected chi connectivity index (χ4v) is 1.13. The third-order valence-corrected chi connectivity index (χ3v) is 1.84. The molecule has 0 atom stereocenters. The number of phenolic OH excluding ortho intramolecular Hbond substituents is 2. The smallest absolute Gasteiger partial charge is 0.338 e. The van der Waals surface area contributed by atoms with E-state index in [4.69, 9.17) is 21.8 Å². The lowest BCUT2D eigenvalue weighted by Gasteiger charge is -2.04. The summed E-state index contributed by atoms with van der Waals surface area (Å²) in [6, 6.07) is 2.33. The summed E-state index contributed by atoms with van der Waals surface area (Å²) in [4.78, 5) is 11.2. The van der Waals surface area contributed by atoms with Gasteiger partial charge in [-0.15, -0.1) is 0 Å². The van der Waals surface area contributed by atoms with Crippen LogP contribution < -0.4 is 0 Å². The van der Waals surface area contributed by atoms with Crippen LogP contribution in [0.15, 0.2) is 12.1 Å². The summed E-state index contributed by atoms with van der Waals surface area (Å²) in [6.45, 7) is 1.90. The normalized spacial score (nSPS) is 9.86. The van der Waals surface area contributed by atoms with Gasteiger partial charge in [0, 0.05) is 0 Å². The number of aromatic hydroxyl groups is 2. The Morgan fingerprint density at radius 3 is 2.64 bits per heavy atom. The molecule has 0 spiro atoms. The molecular formula is C9H9ClO4. The van der Waals surface area contributed by atoms with Crippen molar-refractivity contribution >= 4 is 17.6 Å². The lowest BCUT2D eigenvalue weighted by Crippen LogP contribution is -2.04. The summed E-state index contributed by atoms with van der Waals surface area (Å²) in [5.74, 6) is -1.48. The van der Waals surface area contributed by atoms with Gasteiger partial charge in [-0.3, -0.25) is 0 Å². The molecule has 0 bridgehead atoms. The molecule has 0 saturated heterocycles. The van der Waals surface area contributed by atoms with Gasteiger partial charge in [0.05, 0.1) is 17.2 Å². The molecule has 0 fully saturated rings. The summed E-state index contributed by atoms with van der Waals surface area (Å²) < 4.78 is 4.69. The first kappa shape index (κ1) is 10.7. The van der Waals surface area contributed by atoms with Crippen LogP contribution >= 0.6 is 11.6 Å². The fourth-order valence-electron chi connectivity index (χ4n) is 0.917. The van der Waals surface area contributed by atoms with Crippen LogP contribution in [0, 0.1) is 0 Å². The molecule has 0 radical (unpaired) electrons. The molecule has 0 amide bonds. The molecule has 1 aromatic rings. The molecule has 1 rings (SSSR count). The molecule has 1 aromatic carbocycles. The number of benzene rings is 1. The molecule has 0 heterocycles. The summed E-state index contributed by atoms with van der Waals surface area (Å²) in [7, 11) is 0. The minimum absolute atomic E-state index is 0.0898. The van der Waals surface area contributed by atoms with E-state index in [0.717, 1.165) is 6.07 Å². The molecule has 5 heteroatoms. The first-order valence-corrected chi connectivity index (χ1v) is 4.32. The topological polar surface area (TPSA) is 66.8 Å². The Hall–Kier alpha value is -1.42. The van der Waals surface area contributed by atoms with Gasteiger partial charge in [0.1, 0.15) is 0 Å². The SMILES string of the molecule is CCOC(=O)c1cc(O)c(O)c(Cl)c1. The van der Waals surface area contributed by atoms with E-state index in [-0.39, 0.29) is 17.2 Å². The van der Waals surface area contributed by atoms with E-state index in [1.807, 2.05) is 0 Å². The number of ether oxygens (including phenoxy) is 1. The molecule has 0 aliphatic carbocycles. The quantitative estimate of drug-likeness (QED) is 0.586. The molecule has 0 unspecified atom stereocenters. The highest BCUT2D eigenvalue weighted by Crippen LogP contribution is 2.34. The van der Waals surface area contributed by atoms with E-state index in [1.165, 1.54) is 6.07 Å². The minimum Gasteiger partial charge on any atom is -0.504 e. The number of esters is 1. The zero-order chi connectivity index (χ0) is 10.7. The molecular weight excluding hydrogens is 208 g/mol. The monoisotopic (exact) mass is 216 g/mol. The second kappa shape index (κ2) is 4.19. The van der Waals surface area contributed by atoms with Crippen LogP contribution in [-0.2, 0) is 4.74 Å². The zero-order valence-corrected chi connectivity index (χ0v) is 8.21. The maximum atomic E-state index is 11.2. The first-order valence-electron chi connectivity index (χ1n) is 3.94. The molecule has 0 aromatic heterocycles. The number of halogens is 1. The summed E-state index contributed by atoms with van der Waals surface area (Å²) in [5.41, 5.74) is 0.104. The predicted octanol–water partition coefficient (Wildman–Crippen LogP) is 1.93. The Bertz CT molecular complexity index is 339. The molecule has 76 valence electrons. The minimum atomic E-state index is -0.593. The van der Waals surface area contributed by atoms with E-state index in [0.29, 0.717) is 0 Å². The average Bonchev–Trinajstić information content (AvgIpc) is 2.13. The van der Waals surface area contributed by atoms with Gasteiger partial charge < -0.3 is 14.9 Å². The van der Waals surface area contributed by atoms with Gasteiger partial charge in [0.25, 0.3) is 0 Å². The van der Waals surface area contributed by atoms with Crippen molar-refractivity contribution in [1.29, 1.82) is 0 Å². The lowest BCUT2D eigenvalue weighted by atomic mass is 10.2. The van der Waals surface area contributed by atoms with Crippen molar-refractivity contribution in [2.75, 3.05) is 6.61 Å². The Balaban J connectivity index is 3.06. The van der Waals surface area contributed by atoms with Crippen molar-refractivity contribution in [3.05, 3.63) is 22.7 Å². The van der Waals surface area contributed by atoms with Gasteiger partial charge in [-0.05, 0) is 19.1 Å². The third-order valence-electron chi connectivity index (χ3n) is 1.55. The Kier molecular flexibility index (Phi) is 3.19. The van der Waals surface area contributed by atoms with E-state index in [1.54, 1.807) is 6.92 Å². The molecule has 0 aliphatic heterocycles. The first-order chi connectivity index (χ1) is 6.56. The van der Waals surface area contributed by atoms with Crippen molar-refractivity contribution < 1.29 is 19.7 Å². The summed E-state index contributed by atoms with van der Waals surface area (Å²) in [6.07, 6.45) is 0. The zero-order valence-electron chi connectivity index (χ0n) is 7.45. The molecule has 2 N–H and O–H groups in total. The van der Waals surface area contributed by atoms with Gasteiger partial charge in [-0.25, -0.2) is 4.79 Å². The van der Waals surface area contributed by atoms with Crippen LogP contribution in [0.3, 0.4) is 0 Å². The van der Waals surface area contributed by atoms with Crippen LogP contribution in [-0.4, -0.2) is 22.8 Å². The maximum Gasteiger partial charge on any atom is 0.338 e. The predicted molar refractivity (Wildman–Crippen MR) is 50.7 cm³/mol. The highest BCUT2D eigenvalue weighted by molar-refractivity contribution is 6.32. The van der Waals surface area contributed by atoms with Crippen molar-refractivity contribution in [2.45, 2.75) is 6.92 Å². The number of carbonyl (C=O) groups is 1. The number of phenols is 2. The van der Waals surface area contributed by atoms with E-state index in [9.17, 15) is 4.79 Å². The fraction of sp³-hybridized carbons (Fsp3) is 0.222. The number of hydrogen-bond donors (Lipinski definition) is 2. The van der Waals surface area contributed by atoms with E-state index >= 15 is 0 Å². The standard InChI is InChI=1S/C9H9ClO4/c1-2-14-9(13)5-3-6(10)8(12)7(11)4-5/h3-4,11-12H,2H2,1H3. The number of hydrogen-bond acceptors (Lipinski definition) is 4. The van der Waals surface area contributed by atoms with Crippen molar-refractivity contribution in [3.8, 4) is 11.5 Å². The molecule has 14 heavy (non-hydrogen) atoms.